The van der Waals surface area contributed by atoms with E-state index in [1.165, 1.54) is 4.88 Å². The van der Waals surface area contributed by atoms with Gasteiger partial charge in [-0.05, 0) is 17.2 Å². The Morgan fingerprint density at radius 3 is 3.08 bits per heavy atom. The summed E-state index contributed by atoms with van der Waals surface area (Å²) in [6, 6.07) is 4.10. The van der Waals surface area contributed by atoms with Crippen LogP contribution in [0, 0.1) is 0 Å². The largest absolute Gasteiger partial charge is 0.392 e. The Balaban J connectivity index is 2.22. The molecule has 0 radical (unpaired) electrons. The summed E-state index contributed by atoms with van der Waals surface area (Å²) in [4.78, 5) is 1.28. The summed E-state index contributed by atoms with van der Waals surface area (Å²) < 4.78 is 0. The van der Waals surface area contributed by atoms with Gasteiger partial charge in [-0.25, -0.2) is 0 Å². The van der Waals surface area contributed by atoms with Gasteiger partial charge in [-0.1, -0.05) is 13.0 Å². The zero-order valence-electron chi connectivity index (χ0n) is 7.19. The van der Waals surface area contributed by atoms with E-state index in [1.54, 1.807) is 23.1 Å². The van der Waals surface area contributed by atoms with Gasteiger partial charge in [0, 0.05) is 17.1 Å². The van der Waals surface area contributed by atoms with Crippen molar-refractivity contribution >= 4 is 23.1 Å². The van der Waals surface area contributed by atoms with Crippen molar-refractivity contribution in [1.82, 2.24) is 0 Å². The van der Waals surface area contributed by atoms with Crippen LogP contribution < -0.4 is 0 Å². The van der Waals surface area contributed by atoms with Crippen molar-refractivity contribution in [2.45, 2.75) is 19.4 Å². The first-order chi connectivity index (χ1) is 5.83. The van der Waals surface area contributed by atoms with E-state index in [1.807, 2.05) is 6.07 Å². The van der Waals surface area contributed by atoms with Gasteiger partial charge in [-0.2, -0.15) is 11.8 Å². The summed E-state index contributed by atoms with van der Waals surface area (Å²) in [6.07, 6.45) is 0.638. The number of aliphatic hydroxyl groups excluding tert-OH is 1. The molecule has 0 fully saturated rings. The van der Waals surface area contributed by atoms with Crippen molar-refractivity contribution < 1.29 is 5.11 Å². The Hall–Kier alpha value is 0.01000. The number of thiophene rings is 1. The monoisotopic (exact) mass is 202 g/mol. The molecular weight excluding hydrogens is 188 g/mol. The van der Waals surface area contributed by atoms with Crippen molar-refractivity contribution in [3.05, 3.63) is 22.4 Å². The smallest absolute Gasteiger partial charge is 0.0678 e. The highest BCUT2D eigenvalue weighted by Gasteiger charge is 2.05. The van der Waals surface area contributed by atoms with E-state index in [2.05, 4.69) is 18.4 Å². The molecule has 68 valence electrons. The molecule has 0 saturated carbocycles. The first-order valence-electron chi connectivity index (χ1n) is 4.11. The molecule has 12 heavy (non-hydrogen) atoms. The molecule has 0 bridgehead atoms. The second-order valence-electron chi connectivity index (χ2n) is 2.60. The fourth-order valence-corrected chi connectivity index (χ4v) is 2.38. The average molecular weight is 202 g/mol. The van der Waals surface area contributed by atoms with Gasteiger partial charge in [0.15, 0.2) is 0 Å². The van der Waals surface area contributed by atoms with E-state index in [-0.39, 0.29) is 6.10 Å². The summed E-state index contributed by atoms with van der Waals surface area (Å²) in [5, 5.41) is 11.6. The van der Waals surface area contributed by atoms with Crippen LogP contribution in [0.3, 0.4) is 0 Å². The maximum absolute atomic E-state index is 9.54. The number of thioether (sulfide) groups is 1. The molecule has 1 unspecified atom stereocenters. The third-order valence-corrected chi connectivity index (χ3v) is 3.46. The van der Waals surface area contributed by atoms with Crippen LogP contribution in [0.25, 0.3) is 0 Å². The van der Waals surface area contributed by atoms with Gasteiger partial charge in [0.1, 0.15) is 0 Å². The van der Waals surface area contributed by atoms with Crippen LogP contribution in [0.15, 0.2) is 17.5 Å². The highest BCUT2D eigenvalue weighted by molar-refractivity contribution is 7.99. The molecule has 1 aromatic heterocycles. The summed E-state index contributed by atoms with van der Waals surface area (Å²) >= 11 is 3.51. The zero-order valence-corrected chi connectivity index (χ0v) is 8.83. The van der Waals surface area contributed by atoms with Gasteiger partial charge in [-0.15, -0.1) is 11.3 Å². The van der Waals surface area contributed by atoms with E-state index in [9.17, 15) is 5.11 Å². The standard InChI is InChI=1S/C9H14OS2/c1-2-11-7-8(10)6-9-4-3-5-12-9/h3-5,8,10H,2,6-7H2,1H3. The predicted octanol–water partition coefficient (Wildman–Crippen LogP) is 2.40. The van der Waals surface area contributed by atoms with Gasteiger partial charge in [0.25, 0.3) is 0 Å². The van der Waals surface area contributed by atoms with Crippen molar-refractivity contribution in [3.63, 3.8) is 0 Å². The van der Waals surface area contributed by atoms with E-state index >= 15 is 0 Å². The third kappa shape index (κ3) is 3.61. The number of aliphatic hydroxyl groups is 1. The van der Waals surface area contributed by atoms with Gasteiger partial charge in [0.2, 0.25) is 0 Å². The van der Waals surface area contributed by atoms with Crippen LogP contribution >= 0.6 is 23.1 Å². The SMILES string of the molecule is CCSCC(O)Cc1cccs1. The second kappa shape index (κ2) is 5.62. The van der Waals surface area contributed by atoms with Gasteiger partial charge in [0.05, 0.1) is 6.10 Å². The Labute approximate surface area is 81.8 Å². The lowest BCUT2D eigenvalue weighted by Crippen LogP contribution is -2.12. The van der Waals surface area contributed by atoms with Gasteiger partial charge >= 0.3 is 0 Å². The molecule has 1 rings (SSSR count). The van der Waals surface area contributed by atoms with Crippen LogP contribution in [0.5, 0.6) is 0 Å². The number of hydrogen-bond acceptors (Lipinski definition) is 3. The first kappa shape index (κ1) is 10.1. The van der Waals surface area contributed by atoms with Crippen molar-refractivity contribution in [1.29, 1.82) is 0 Å². The van der Waals surface area contributed by atoms with Gasteiger partial charge < -0.3 is 5.11 Å². The fraction of sp³-hybridized carbons (Fsp3) is 0.556. The molecule has 3 heteroatoms. The Morgan fingerprint density at radius 1 is 1.67 bits per heavy atom. The summed E-state index contributed by atoms with van der Waals surface area (Å²) in [5.41, 5.74) is 0. The van der Waals surface area contributed by atoms with Crippen LogP contribution in [0.2, 0.25) is 0 Å². The van der Waals surface area contributed by atoms with Gasteiger partial charge in [-0.3, -0.25) is 0 Å². The molecule has 0 aliphatic carbocycles. The van der Waals surface area contributed by atoms with E-state index in [0.29, 0.717) is 0 Å². The predicted molar refractivity (Wildman–Crippen MR) is 57.0 cm³/mol. The molecule has 0 spiro atoms. The van der Waals surface area contributed by atoms with Crippen LogP contribution in [-0.4, -0.2) is 22.7 Å². The molecule has 0 amide bonds. The molecule has 0 aliphatic heterocycles. The van der Waals surface area contributed by atoms with Crippen molar-refractivity contribution in [3.8, 4) is 0 Å². The summed E-state index contributed by atoms with van der Waals surface area (Å²) in [5.74, 6) is 1.94. The lowest BCUT2D eigenvalue weighted by molar-refractivity contribution is 0.201. The molecule has 1 nitrogen and oxygen atoms in total. The quantitative estimate of drug-likeness (QED) is 0.791. The van der Waals surface area contributed by atoms with E-state index in [4.69, 9.17) is 0 Å². The molecule has 1 N–H and O–H groups in total. The molecule has 0 aliphatic rings. The Bertz CT molecular complexity index is 196. The highest BCUT2D eigenvalue weighted by atomic mass is 32.2. The fourth-order valence-electron chi connectivity index (χ4n) is 0.974. The van der Waals surface area contributed by atoms with Crippen LogP contribution in [0.4, 0.5) is 0 Å². The minimum Gasteiger partial charge on any atom is -0.392 e. The Morgan fingerprint density at radius 2 is 2.50 bits per heavy atom. The topological polar surface area (TPSA) is 20.2 Å². The van der Waals surface area contributed by atoms with Crippen molar-refractivity contribution in [2.24, 2.45) is 0 Å². The molecule has 0 saturated heterocycles. The molecule has 1 atom stereocenters. The maximum atomic E-state index is 9.54. The van der Waals surface area contributed by atoms with Crippen molar-refractivity contribution in [2.75, 3.05) is 11.5 Å². The minimum atomic E-state index is -0.173. The zero-order chi connectivity index (χ0) is 8.81. The third-order valence-electron chi connectivity index (χ3n) is 1.53. The highest BCUT2D eigenvalue weighted by Crippen LogP contribution is 2.13. The second-order valence-corrected chi connectivity index (χ2v) is 4.95. The van der Waals surface area contributed by atoms with Crippen LogP contribution in [-0.2, 0) is 6.42 Å². The number of hydrogen-bond donors (Lipinski definition) is 1. The van der Waals surface area contributed by atoms with E-state index < -0.39 is 0 Å². The first-order valence-corrected chi connectivity index (χ1v) is 6.14. The molecular formula is C9H14OS2. The average Bonchev–Trinajstić information content (AvgIpc) is 2.53. The molecule has 0 aromatic carbocycles. The maximum Gasteiger partial charge on any atom is 0.0678 e. The number of rotatable bonds is 5. The lowest BCUT2D eigenvalue weighted by Gasteiger charge is -2.06. The minimum absolute atomic E-state index is 0.173. The Kier molecular flexibility index (Phi) is 4.73. The van der Waals surface area contributed by atoms with Crippen LogP contribution in [0.1, 0.15) is 11.8 Å². The summed E-state index contributed by atoms with van der Waals surface area (Å²) in [7, 11) is 0. The summed E-state index contributed by atoms with van der Waals surface area (Å²) in [6.45, 7) is 2.11. The lowest BCUT2D eigenvalue weighted by atomic mass is 10.2. The molecule has 1 aromatic rings. The molecule has 1 heterocycles. The normalized spacial score (nSPS) is 13.2. The van der Waals surface area contributed by atoms with E-state index in [0.717, 1.165) is 17.9 Å².